The van der Waals surface area contributed by atoms with E-state index in [0.29, 0.717) is 11.5 Å². The summed E-state index contributed by atoms with van der Waals surface area (Å²) >= 11 is 0. The topological polar surface area (TPSA) is 70.2 Å². The fourth-order valence-corrected chi connectivity index (χ4v) is 3.34. The van der Waals surface area contributed by atoms with E-state index in [1.54, 1.807) is 12.1 Å². The summed E-state index contributed by atoms with van der Waals surface area (Å²) in [5.41, 5.74) is 2.50. The van der Waals surface area contributed by atoms with Crippen LogP contribution in [0.15, 0.2) is 36.4 Å². The molecule has 1 heterocycles. The van der Waals surface area contributed by atoms with Crippen molar-refractivity contribution in [2.24, 2.45) is 0 Å². The molecule has 6 nitrogen and oxygen atoms in total. The van der Waals surface area contributed by atoms with E-state index < -0.39 is 0 Å². The maximum atomic E-state index is 12.2. The average Bonchev–Trinajstić information content (AvgIpc) is 3.18. The monoisotopic (exact) mass is 353 g/mol. The number of anilines is 3. The number of rotatable bonds is 7. The molecular formula is C20H27N5O. The zero-order valence-corrected chi connectivity index (χ0v) is 15.5. The van der Waals surface area contributed by atoms with Crippen LogP contribution in [0.4, 0.5) is 17.2 Å². The number of carbonyl (C=O) groups is 1. The van der Waals surface area contributed by atoms with Crippen LogP contribution in [0.1, 0.15) is 50.0 Å². The number of amides is 1. The van der Waals surface area contributed by atoms with Gasteiger partial charge in [-0.15, -0.1) is 10.2 Å². The van der Waals surface area contributed by atoms with E-state index in [1.807, 2.05) is 12.1 Å². The first-order chi connectivity index (χ1) is 12.7. The number of hydrogen-bond acceptors (Lipinski definition) is 5. The van der Waals surface area contributed by atoms with Gasteiger partial charge in [0.1, 0.15) is 0 Å². The molecule has 1 saturated carbocycles. The SMILES string of the molecule is CCN(CC)c1ccc(Nc2ccc(C(=O)NC3CCCC3)nn2)cc1. The minimum Gasteiger partial charge on any atom is -0.372 e. The van der Waals surface area contributed by atoms with Crippen molar-refractivity contribution < 1.29 is 4.79 Å². The number of nitrogens with one attached hydrogen (secondary N) is 2. The Labute approximate surface area is 155 Å². The second-order valence-electron chi connectivity index (χ2n) is 6.60. The Morgan fingerprint density at radius 1 is 1.04 bits per heavy atom. The molecule has 1 aliphatic carbocycles. The van der Waals surface area contributed by atoms with Crippen molar-refractivity contribution >= 4 is 23.1 Å². The summed E-state index contributed by atoms with van der Waals surface area (Å²) in [6.07, 6.45) is 4.49. The van der Waals surface area contributed by atoms with Gasteiger partial charge in [0.25, 0.3) is 5.91 Å². The Kier molecular flexibility index (Phi) is 6.04. The Hall–Kier alpha value is -2.63. The van der Waals surface area contributed by atoms with E-state index in [-0.39, 0.29) is 11.9 Å². The van der Waals surface area contributed by atoms with Crippen LogP contribution in [0.25, 0.3) is 0 Å². The predicted octanol–water partition coefficient (Wildman–Crippen LogP) is 3.74. The van der Waals surface area contributed by atoms with Gasteiger partial charge in [-0.25, -0.2) is 0 Å². The van der Waals surface area contributed by atoms with Crippen molar-refractivity contribution in [3.8, 4) is 0 Å². The van der Waals surface area contributed by atoms with Gasteiger partial charge in [-0.2, -0.15) is 0 Å². The third kappa shape index (κ3) is 4.50. The molecule has 138 valence electrons. The first-order valence-corrected chi connectivity index (χ1v) is 9.46. The van der Waals surface area contributed by atoms with Gasteiger partial charge >= 0.3 is 0 Å². The Morgan fingerprint density at radius 2 is 1.73 bits per heavy atom. The van der Waals surface area contributed by atoms with Gasteiger partial charge < -0.3 is 15.5 Å². The van der Waals surface area contributed by atoms with Crippen LogP contribution in [0.3, 0.4) is 0 Å². The normalized spacial score (nSPS) is 14.2. The lowest BCUT2D eigenvalue weighted by Gasteiger charge is -2.21. The highest BCUT2D eigenvalue weighted by atomic mass is 16.2. The Bertz CT molecular complexity index is 704. The second-order valence-corrected chi connectivity index (χ2v) is 6.60. The summed E-state index contributed by atoms with van der Waals surface area (Å²) in [6, 6.07) is 12.0. The molecule has 0 radical (unpaired) electrons. The van der Waals surface area contributed by atoms with Crippen molar-refractivity contribution in [1.82, 2.24) is 15.5 Å². The van der Waals surface area contributed by atoms with Crippen LogP contribution in [0.5, 0.6) is 0 Å². The minimum absolute atomic E-state index is 0.139. The Morgan fingerprint density at radius 3 is 2.31 bits per heavy atom. The molecule has 2 N–H and O–H groups in total. The number of hydrogen-bond donors (Lipinski definition) is 2. The van der Waals surface area contributed by atoms with Gasteiger partial charge in [0.2, 0.25) is 0 Å². The van der Waals surface area contributed by atoms with Crippen molar-refractivity contribution in [3.05, 3.63) is 42.1 Å². The van der Waals surface area contributed by atoms with Gasteiger partial charge in [-0.1, -0.05) is 12.8 Å². The van der Waals surface area contributed by atoms with Gasteiger partial charge in [0.15, 0.2) is 11.5 Å². The summed E-state index contributed by atoms with van der Waals surface area (Å²) < 4.78 is 0. The first kappa shape index (κ1) is 18.2. The average molecular weight is 353 g/mol. The molecule has 1 aliphatic rings. The lowest BCUT2D eigenvalue weighted by molar-refractivity contribution is 0.0932. The molecule has 1 amide bonds. The summed E-state index contributed by atoms with van der Waals surface area (Å²) in [7, 11) is 0. The summed E-state index contributed by atoms with van der Waals surface area (Å²) in [5.74, 6) is 0.484. The van der Waals surface area contributed by atoms with Crippen LogP contribution in [-0.2, 0) is 0 Å². The van der Waals surface area contributed by atoms with Crippen LogP contribution in [0.2, 0.25) is 0 Å². The van der Waals surface area contributed by atoms with Crippen molar-refractivity contribution in [1.29, 1.82) is 0 Å². The molecule has 3 rings (SSSR count). The summed E-state index contributed by atoms with van der Waals surface area (Å²) in [4.78, 5) is 14.5. The zero-order chi connectivity index (χ0) is 18.4. The fraction of sp³-hybridized carbons (Fsp3) is 0.450. The smallest absolute Gasteiger partial charge is 0.272 e. The fourth-order valence-electron chi connectivity index (χ4n) is 3.34. The highest BCUT2D eigenvalue weighted by molar-refractivity contribution is 5.92. The third-order valence-electron chi connectivity index (χ3n) is 4.86. The van der Waals surface area contributed by atoms with Crippen LogP contribution in [0, 0.1) is 0 Å². The molecule has 0 saturated heterocycles. The molecule has 1 fully saturated rings. The van der Waals surface area contributed by atoms with E-state index in [9.17, 15) is 4.79 Å². The lowest BCUT2D eigenvalue weighted by atomic mass is 10.2. The molecule has 6 heteroatoms. The molecule has 0 bridgehead atoms. The van der Waals surface area contributed by atoms with Crippen LogP contribution >= 0.6 is 0 Å². The lowest BCUT2D eigenvalue weighted by Crippen LogP contribution is -2.33. The predicted molar refractivity (Wildman–Crippen MR) is 105 cm³/mol. The van der Waals surface area contributed by atoms with Gasteiger partial charge in [0.05, 0.1) is 0 Å². The molecule has 0 spiro atoms. The second kappa shape index (κ2) is 8.65. The molecule has 1 aromatic carbocycles. The van der Waals surface area contributed by atoms with Gasteiger partial charge in [-0.05, 0) is 63.1 Å². The quantitative estimate of drug-likeness (QED) is 0.793. The van der Waals surface area contributed by atoms with E-state index in [0.717, 1.165) is 31.6 Å². The molecule has 0 atom stereocenters. The summed E-state index contributed by atoms with van der Waals surface area (Å²) in [6.45, 7) is 6.27. The van der Waals surface area contributed by atoms with Crippen LogP contribution in [-0.4, -0.2) is 35.2 Å². The largest absolute Gasteiger partial charge is 0.372 e. The Balaban J connectivity index is 1.59. The number of benzene rings is 1. The van der Waals surface area contributed by atoms with Crippen molar-refractivity contribution in [2.75, 3.05) is 23.3 Å². The molecule has 26 heavy (non-hydrogen) atoms. The molecule has 0 aliphatic heterocycles. The minimum atomic E-state index is -0.139. The maximum Gasteiger partial charge on any atom is 0.272 e. The number of aromatic nitrogens is 2. The van der Waals surface area contributed by atoms with E-state index in [1.165, 1.54) is 18.5 Å². The molecular weight excluding hydrogens is 326 g/mol. The van der Waals surface area contributed by atoms with Crippen LogP contribution < -0.4 is 15.5 Å². The zero-order valence-electron chi connectivity index (χ0n) is 15.5. The van der Waals surface area contributed by atoms with Gasteiger partial charge in [0, 0.05) is 30.5 Å². The maximum absolute atomic E-state index is 12.2. The van der Waals surface area contributed by atoms with E-state index in [2.05, 4.69) is 51.7 Å². The van der Waals surface area contributed by atoms with Crippen molar-refractivity contribution in [3.63, 3.8) is 0 Å². The highest BCUT2D eigenvalue weighted by Crippen LogP contribution is 2.20. The highest BCUT2D eigenvalue weighted by Gasteiger charge is 2.18. The molecule has 0 unspecified atom stereocenters. The van der Waals surface area contributed by atoms with Crippen molar-refractivity contribution in [2.45, 2.75) is 45.6 Å². The number of carbonyl (C=O) groups excluding carboxylic acids is 1. The molecule has 1 aromatic heterocycles. The summed E-state index contributed by atoms with van der Waals surface area (Å²) in [5, 5.41) is 14.4. The van der Waals surface area contributed by atoms with E-state index in [4.69, 9.17) is 0 Å². The first-order valence-electron chi connectivity index (χ1n) is 9.46. The standard InChI is InChI=1S/C20H27N5O/c1-3-25(4-2)17-11-9-16(10-12-17)21-19-14-13-18(23-24-19)20(26)22-15-7-5-6-8-15/h9-15H,3-8H2,1-2H3,(H,21,24)(H,22,26). The molecule has 2 aromatic rings. The number of nitrogens with zero attached hydrogens (tertiary/aromatic N) is 3. The van der Waals surface area contributed by atoms with Gasteiger partial charge in [-0.3, -0.25) is 4.79 Å². The third-order valence-corrected chi connectivity index (χ3v) is 4.86. The van der Waals surface area contributed by atoms with E-state index >= 15 is 0 Å².